The molecule has 0 saturated heterocycles. The molecule has 2 atom stereocenters. The second-order valence-electron chi connectivity index (χ2n) is 11.7. The lowest BCUT2D eigenvalue weighted by atomic mass is 9.59. The Balaban J connectivity index is 2.87. The van der Waals surface area contributed by atoms with Crippen LogP contribution in [0.4, 0.5) is 0 Å². The van der Waals surface area contributed by atoms with E-state index in [9.17, 15) is 0 Å². The van der Waals surface area contributed by atoms with Crippen LogP contribution < -0.4 is 0 Å². The van der Waals surface area contributed by atoms with E-state index in [2.05, 4.69) is 55.4 Å². The van der Waals surface area contributed by atoms with E-state index in [-0.39, 0.29) is 0 Å². The van der Waals surface area contributed by atoms with Crippen molar-refractivity contribution in [3.8, 4) is 0 Å². The van der Waals surface area contributed by atoms with E-state index in [4.69, 9.17) is 0 Å². The lowest BCUT2D eigenvalue weighted by Gasteiger charge is -2.46. The molecule has 0 radical (unpaired) electrons. The molecule has 26 heavy (non-hydrogen) atoms. The van der Waals surface area contributed by atoms with Gasteiger partial charge in [0.25, 0.3) is 0 Å². The second kappa shape index (κ2) is 11.8. The van der Waals surface area contributed by atoms with Gasteiger partial charge in [0.05, 0.1) is 0 Å². The summed E-state index contributed by atoms with van der Waals surface area (Å²) in [6.07, 6.45) is 16.3. The molecule has 1 fully saturated rings. The first-order chi connectivity index (χ1) is 12.1. The van der Waals surface area contributed by atoms with Gasteiger partial charge in [-0.25, -0.2) is 0 Å². The van der Waals surface area contributed by atoms with E-state index < -0.39 is 0 Å². The fourth-order valence-electron chi connectivity index (χ4n) is 5.25. The number of hydrogen-bond acceptors (Lipinski definition) is 0. The summed E-state index contributed by atoms with van der Waals surface area (Å²) in [5.41, 5.74) is 0.663. The molecule has 0 amide bonds. The van der Waals surface area contributed by atoms with Crippen LogP contribution in [-0.4, -0.2) is 0 Å². The van der Waals surface area contributed by atoms with E-state index >= 15 is 0 Å². The zero-order valence-electron chi connectivity index (χ0n) is 19.7. The maximum atomic E-state index is 2.42. The summed E-state index contributed by atoms with van der Waals surface area (Å²) in [4.78, 5) is 0. The zero-order chi connectivity index (χ0) is 19.7. The van der Waals surface area contributed by atoms with Gasteiger partial charge in [0.2, 0.25) is 0 Å². The third-order valence-electron chi connectivity index (χ3n) is 6.92. The van der Waals surface area contributed by atoms with Crippen molar-refractivity contribution in [2.45, 2.75) is 126 Å². The van der Waals surface area contributed by atoms with Crippen molar-refractivity contribution in [2.75, 3.05) is 0 Å². The molecule has 1 aliphatic carbocycles. The molecular formula is C26H52. The van der Waals surface area contributed by atoms with Crippen LogP contribution in [0.25, 0.3) is 0 Å². The van der Waals surface area contributed by atoms with Crippen LogP contribution in [-0.2, 0) is 0 Å². The maximum absolute atomic E-state index is 2.42. The first kappa shape index (κ1) is 24.0. The Bertz CT molecular complexity index is 315. The van der Waals surface area contributed by atoms with E-state index in [1.807, 2.05) is 0 Å². The molecule has 0 spiro atoms. The summed E-state index contributed by atoms with van der Waals surface area (Å²) in [6, 6.07) is 0. The molecule has 0 aromatic rings. The van der Waals surface area contributed by atoms with E-state index in [1.54, 1.807) is 0 Å². The van der Waals surface area contributed by atoms with Crippen molar-refractivity contribution in [2.24, 2.45) is 40.9 Å². The van der Waals surface area contributed by atoms with Crippen molar-refractivity contribution in [3.05, 3.63) is 0 Å². The van der Waals surface area contributed by atoms with Crippen molar-refractivity contribution in [1.82, 2.24) is 0 Å². The van der Waals surface area contributed by atoms with Crippen molar-refractivity contribution in [1.29, 1.82) is 0 Å². The Kier molecular flexibility index (Phi) is 10.9. The fourth-order valence-corrected chi connectivity index (χ4v) is 5.25. The normalized spacial score (nSPS) is 23.5. The summed E-state index contributed by atoms with van der Waals surface area (Å²) >= 11 is 0. The van der Waals surface area contributed by atoms with Crippen molar-refractivity contribution >= 4 is 0 Å². The quantitative estimate of drug-likeness (QED) is 0.324. The lowest BCUT2D eigenvalue weighted by Crippen LogP contribution is -2.34. The first-order valence-electron chi connectivity index (χ1n) is 12.1. The van der Waals surface area contributed by atoms with Crippen LogP contribution in [0.3, 0.4) is 0 Å². The molecule has 2 unspecified atom stereocenters. The average molecular weight is 365 g/mol. The number of hydrogen-bond donors (Lipinski definition) is 0. The molecule has 0 aromatic carbocycles. The Morgan fingerprint density at radius 2 is 0.923 bits per heavy atom. The molecule has 1 aliphatic rings. The first-order valence-corrected chi connectivity index (χ1v) is 12.1. The van der Waals surface area contributed by atoms with Gasteiger partial charge < -0.3 is 0 Å². The highest BCUT2D eigenvalue weighted by atomic mass is 14.4. The Morgan fingerprint density at radius 1 is 0.577 bits per heavy atom. The third kappa shape index (κ3) is 9.80. The van der Waals surface area contributed by atoms with Crippen LogP contribution in [0.2, 0.25) is 0 Å². The SMILES string of the molecule is CC(C)CCC1CC(CCC(C)C)CC(CCC(C)C)(CCC(C)C)C1. The molecule has 0 heteroatoms. The van der Waals surface area contributed by atoms with Gasteiger partial charge in [-0.1, -0.05) is 93.9 Å². The van der Waals surface area contributed by atoms with E-state index in [0.29, 0.717) is 5.41 Å². The number of rotatable bonds is 12. The lowest BCUT2D eigenvalue weighted by molar-refractivity contribution is 0.0496. The van der Waals surface area contributed by atoms with E-state index in [1.165, 1.54) is 70.6 Å². The van der Waals surface area contributed by atoms with Crippen LogP contribution >= 0.6 is 0 Å². The monoisotopic (exact) mass is 364 g/mol. The molecular weight excluding hydrogens is 312 g/mol. The highest BCUT2D eigenvalue weighted by molar-refractivity contribution is 4.91. The minimum absolute atomic E-state index is 0.663. The molecule has 0 heterocycles. The van der Waals surface area contributed by atoms with Gasteiger partial charge in [-0.2, -0.15) is 0 Å². The zero-order valence-corrected chi connectivity index (χ0v) is 19.7. The summed E-state index contributed by atoms with van der Waals surface area (Å²) in [5.74, 6) is 5.45. The minimum Gasteiger partial charge on any atom is -0.0628 e. The van der Waals surface area contributed by atoms with Crippen molar-refractivity contribution in [3.63, 3.8) is 0 Å². The fraction of sp³-hybridized carbons (Fsp3) is 1.00. The largest absolute Gasteiger partial charge is 0.0628 e. The van der Waals surface area contributed by atoms with Gasteiger partial charge >= 0.3 is 0 Å². The summed E-state index contributed by atoms with van der Waals surface area (Å²) in [6.45, 7) is 19.3. The summed E-state index contributed by atoms with van der Waals surface area (Å²) in [7, 11) is 0. The summed E-state index contributed by atoms with van der Waals surface area (Å²) < 4.78 is 0. The van der Waals surface area contributed by atoms with Crippen LogP contribution in [0, 0.1) is 40.9 Å². The topological polar surface area (TPSA) is 0 Å². The molecule has 1 saturated carbocycles. The van der Waals surface area contributed by atoms with Crippen LogP contribution in [0.5, 0.6) is 0 Å². The predicted molar refractivity (Wildman–Crippen MR) is 120 cm³/mol. The third-order valence-corrected chi connectivity index (χ3v) is 6.92. The van der Waals surface area contributed by atoms with Gasteiger partial charge in [-0.05, 0) is 73.0 Å². The summed E-state index contributed by atoms with van der Waals surface area (Å²) in [5, 5.41) is 0. The van der Waals surface area contributed by atoms with Gasteiger partial charge in [-0.3, -0.25) is 0 Å². The van der Waals surface area contributed by atoms with Crippen molar-refractivity contribution < 1.29 is 0 Å². The molecule has 1 rings (SSSR count). The van der Waals surface area contributed by atoms with Gasteiger partial charge in [0.1, 0.15) is 0 Å². The Labute approximate surface area is 167 Å². The second-order valence-corrected chi connectivity index (χ2v) is 11.7. The molecule has 156 valence electrons. The van der Waals surface area contributed by atoms with Gasteiger partial charge in [0, 0.05) is 0 Å². The maximum Gasteiger partial charge on any atom is -0.0292 e. The molecule has 0 aliphatic heterocycles. The molecule has 0 nitrogen and oxygen atoms in total. The highest BCUT2D eigenvalue weighted by Gasteiger charge is 2.39. The molecule has 0 bridgehead atoms. The van der Waals surface area contributed by atoms with E-state index in [0.717, 1.165) is 35.5 Å². The Morgan fingerprint density at radius 3 is 1.23 bits per heavy atom. The predicted octanol–water partition coefficient (Wildman–Crippen LogP) is 9.13. The van der Waals surface area contributed by atoms with Crippen LogP contribution in [0.1, 0.15) is 126 Å². The van der Waals surface area contributed by atoms with Gasteiger partial charge in [0.15, 0.2) is 0 Å². The average Bonchev–Trinajstić information content (AvgIpc) is 2.54. The van der Waals surface area contributed by atoms with Gasteiger partial charge in [-0.15, -0.1) is 0 Å². The molecule has 0 aromatic heterocycles. The standard InChI is InChI=1S/C26H52/c1-20(2)9-11-24-17-25(12-10-21(3)4)19-26(18-24,15-13-22(5)6)16-14-23(7)8/h20-25H,9-19H2,1-8H3. The molecule has 0 N–H and O–H groups in total. The minimum atomic E-state index is 0.663. The highest BCUT2D eigenvalue weighted by Crippen LogP contribution is 2.51. The Hall–Kier alpha value is 0. The van der Waals surface area contributed by atoms with Crippen LogP contribution in [0.15, 0.2) is 0 Å². The smallest absolute Gasteiger partial charge is 0.0292 e.